The molecule has 0 saturated heterocycles. The molecule has 2 heterocycles. The van der Waals surface area contributed by atoms with Crippen molar-refractivity contribution in [2.45, 2.75) is 6.18 Å². The Balaban J connectivity index is 0.00000240. The first-order valence-corrected chi connectivity index (χ1v) is 8.47. The first-order valence-electron chi connectivity index (χ1n) is 8.47. The summed E-state index contributed by atoms with van der Waals surface area (Å²) < 4.78 is 43.7. The zero-order valence-electron chi connectivity index (χ0n) is 16.4. The molecule has 0 aliphatic carbocycles. The van der Waals surface area contributed by atoms with Crippen molar-refractivity contribution >= 4 is 47.9 Å². The van der Waals surface area contributed by atoms with Gasteiger partial charge >= 0.3 is 6.18 Å². The zero-order valence-corrected chi connectivity index (χ0v) is 18.0. The summed E-state index contributed by atoms with van der Waals surface area (Å²) in [7, 11) is 3.20. The number of methoxy groups -OCH3 is 1. The summed E-state index contributed by atoms with van der Waals surface area (Å²) >= 11 is 0. The Labute approximate surface area is 189 Å². The molecule has 0 aliphatic rings. The first-order chi connectivity index (χ1) is 13.8. The summed E-state index contributed by atoms with van der Waals surface area (Å²) in [6.45, 7) is 0. The van der Waals surface area contributed by atoms with Gasteiger partial charge in [0.25, 0.3) is 5.91 Å². The molecule has 1 N–H and O–H groups in total. The number of nitrogens with one attached hydrogen (secondary N) is 1. The molecule has 1 amide bonds. The molecule has 3 rings (SSSR count). The predicted molar refractivity (Wildman–Crippen MR) is 117 cm³/mol. The molecule has 0 saturated carbocycles. The van der Waals surface area contributed by atoms with E-state index in [1.54, 1.807) is 42.4 Å². The molecular weight excluding hydrogens is 456 g/mol. The Kier molecular flexibility index (Phi) is 9.08. The molecule has 0 spiro atoms. The first kappa shape index (κ1) is 26.0. The molecule has 6 nitrogen and oxygen atoms in total. The largest absolute Gasteiger partial charge is 0.481 e. The maximum absolute atomic E-state index is 12.9. The van der Waals surface area contributed by atoms with Crippen LogP contribution in [0.4, 0.5) is 30.4 Å². The van der Waals surface area contributed by atoms with Gasteiger partial charge in [-0.2, -0.15) is 13.2 Å². The summed E-state index contributed by atoms with van der Waals surface area (Å²) in [6, 6.07) is 11.0. The highest BCUT2D eigenvalue weighted by atomic mass is 35.5. The van der Waals surface area contributed by atoms with Crippen LogP contribution in [0.5, 0.6) is 5.88 Å². The number of ether oxygens (including phenoxy) is 1. The third-order valence-electron chi connectivity index (χ3n) is 4.11. The van der Waals surface area contributed by atoms with Crippen molar-refractivity contribution in [3.63, 3.8) is 0 Å². The minimum atomic E-state index is -4.50. The number of nitrogens with zero attached hydrogens (tertiary/aromatic N) is 3. The van der Waals surface area contributed by atoms with Crippen LogP contribution in [0.25, 0.3) is 0 Å². The maximum Gasteiger partial charge on any atom is 0.416 e. The average Bonchev–Trinajstić information content (AvgIpc) is 2.73. The van der Waals surface area contributed by atoms with Crippen LogP contribution in [-0.2, 0) is 6.18 Å². The number of anilines is 3. The lowest BCUT2D eigenvalue weighted by Gasteiger charge is -2.20. The average molecular weight is 475 g/mol. The molecule has 2 aromatic heterocycles. The van der Waals surface area contributed by atoms with Crippen molar-refractivity contribution in [2.75, 3.05) is 24.4 Å². The molecule has 0 aliphatic heterocycles. The molecule has 1 aromatic carbocycles. The van der Waals surface area contributed by atoms with Gasteiger partial charge in [0.1, 0.15) is 5.82 Å². The van der Waals surface area contributed by atoms with Crippen molar-refractivity contribution < 1.29 is 22.7 Å². The van der Waals surface area contributed by atoms with Crippen LogP contribution in [-0.4, -0.2) is 30.0 Å². The van der Waals surface area contributed by atoms with E-state index >= 15 is 0 Å². The summed E-state index contributed by atoms with van der Waals surface area (Å²) in [5.41, 5.74) is 0.0392. The van der Waals surface area contributed by atoms with E-state index in [4.69, 9.17) is 4.74 Å². The summed E-state index contributed by atoms with van der Waals surface area (Å²) in [4.78, 5) is 22.7. The van der Waals surface area contributed by atoms with Gasteiger partial charge in [-0.05, 0) is 36.4 Å². The highest BCUT2D eigenvalue weighted by molar-refractivity contribution is 6.08. The van der Waals surface area contributed by atoms with E-state index in [1.807, 2.05) is 0 Å². The standard InChI is InChI=1S/C20H17F3N4O2.2ClH/c1-27(15-8-9-17(29-2)25-12-15)18-16(7-4-10-24-18)19(28)26-14-6-3-5-13(11-14)20(21,22)23;;/h3-12H,1-2H3,(H,26,28);2*1H. The number of rotatable bonds is 5. The van der Waals surface area contributed by atoms with Crippen molar-refractivity contribution in [1.29, 1.82) is 0 Å². The van der Waals surface area contributed by atoms with E-state index in [0.717, 1.165) is 12.1 Å². The number of alkyl halides is 3. The second kappa shape index (κ2) is 10.8. The number of hydrogen-bond acceptors (Lipinski definition) is 5. The predicted octanol–water partition coefficient (Wildman–Crippen LogP) is 5.37. The second-order valence-electron chi connectivity index (χ2n) is 6.03. The SMILES string of the molecule is COc1ccc(N(C)c2ncccc2C(=O)Nc2cccc(C(F)(F)F)c2)cn1.Cl.Cl. The van der Waals surface area contributed by atoms with Crippen LogP contribution in [0.2, 0.25) is 0 Å². The normalized spacial score (nSPS) is 10.4. The van der Waals surface area contributed by atoms with E-state index in [1.165, 1.54) is 25.4 Å². The minimum Gasteiger partial charge on any atom is -0.481 e. The van der Waals surface area contributed by atoms with Gasteiger partial charge < -0.3 is 15.0 Å². The van der Waals surface area contributed by atoms with Crippen molar-refractivity contribution in [3.8, 4) is 5.88 Å². The molecule has 3 aromatic rings. The van der Waals surface area contributed by atoms with Gasteiger partial charge in [0.15, 0.2) is 0 Å². The Hall–Kier alpha value is -3.04. The van der Waals surface area contributed by atoms with E-state index < -0.39 is 17.6 Å². The van der Waals surface area contributed by atoms with Crippen molar-refractivity contribution in [1.82, 2.24) is 9.97 Å². The van der Waals surface area contributed by atoms with E-state index in [-0.39, 0.29) is 36.1 Å². The Morgan fingerprint density at radius 3 is 2.42 bits per heavy atom. The van der Waals surface area contributed by atoms with Crippen LogP contribution in [0.1, 0.15) is 15.9 Å². The van der Waals surface area contributed by atoms with E-state index in [9.17, 15) is 18.0 Å². The molecule has 0 bridgehead atoms. The number of carbonyl (C=O) groups is 1. The number of carbonyl (C=O) groups excluding carboxylic acids is 1. The third kappa shape index (κ3) is 6.22. The molecule has 166 valence electrons. The van der Waals surface area contributed by atoms with Crippen LogP contribution in [0.3, 0.4) is 0 Å². The lowest BCUT2D eigenvalue weighted by Crippen LogP contribution is -2.20. The Morgan fingerprint density at radius 1 is 1.06 bits per heavy atom. The molecule has 0 atom stereocenters. The molecule has 11 heteroatoms. The van der Waals surface area contributed by atoms with Crippen molar-refractivity contribution in [3.05, 3.63) is 72.1 Å². The lowest BCUT2D eigenvalue weighted by molar-refractivity contribution is -0.137. The number of halogens is 5. The smallest absolute Gasteiger partial charge is 0.416 e. The van der Waals surface area contributed by atoms with E-state index in [2.05, 4.69) is 15.3 Å². The van der Waals surface area contributed by atoms with Crippen LogP contribution < -0.4 is 15.0 Å². The number of pyridine rings is 2. The van der Waals surface area contributed by atoms with Crippen LogP contribution in [0.15, 0.2) is 60.9 Å². The second-order valence-corrected chi connectivity index (χ2v) is 6.03. The van der Waals surface area contributed by atoms with Gasteiger partial charge in [0.05, 0.1) is 30.1 Å². The Bertz CT molecular complexity index is 1020. The molecule has 31 heavy (non-hydrogen) atoms. The fraction of sp³-hybridized carbons (Fsp3) is 0.150. The molecule has 0 radical (unpaired) electrons. The number of benzene rings is 1. The minimum absolute atomic E-state index is 0. The van der Waals surface area contributed by atoms with Gasteiger partial charge in [0, 0.05) is 25.0 Å². The summed E-state index contributed by atoms with van der Waals surface area (Å²) in [5.74, 6) is 0.176. The Morgan fingerprint density at radius 2 is 1.81 bits per heavy atom. The number of amides is 1. The summed E-state index contributed by atoms with van der Waals surface area (Å²) in [6.07, 6.45) is -1.42. The fourth-order valence-electron chi connectivity index (χ4n) is 2.63. The molecule has 0 unspecified atom stereocenters. The summed E-state index contributed by atoms with van der Waals surface area (Å²) in [5, 5.41) is 2.49. The van der Waals surface area contributed by atoms with Gasteiger partial charge in [-0.25, -0.2) is 9.97 Å². The quantitative estimate of drug-likeness (QED) is 0.538. The van der Waals surface area contributed by atoms with Gasteiger partial charge in [-0.1, -0.05) is 6.07 Å². The third-order valence-corrected chi connectivity index (χ3v) is 4.11. The van der Waals surface area contributed by atoms with Gasteiger partial charge in [-0.3, -0.25) is 4.79 Å². The highest BCUT2D eigenvalue weighted by Gasteiger charge is 2.30. The highest BCUT2D eigenvalue weighted by Crippen LogP contribution is 2.31. The lowest BCUT2D eigenvalue weighted by atomic mass is 10.1. The van der Waals surface area contributed by atoms with Crippen molar-refractivity contribution in [2.24, 2.45) is 0 Å². The van der Waals surface area contributed by atoms with Gasteiger partial charge in [-0.15, -0.1) is 24.8 Å². The van der Waals surface area contributed by atoms with E-state index in [0.29, 0.717) is 17.4 Å². The number of hydrogen-bond donors (Lipinski definition) is 1. The van der Waals surface area contributed by atoms with Gasteiger partial charge in [0.2, 0.25) is 5.88 Å². The fourth-order valence-corrected chi connectivity index (χ4v) is 2.63. The van der Waals surface area contributed by atoms with Crippen LogP contribution >= 0.6 is 24.8 Å². The monoisotopic (exact) mass is 474 g/mol. The molecular formula is C20H19Cl2F3N4O2. The topological polar surface area (TPSA) is 67.3 Å². The van der Waals surface area contributed by atoms with Crippen LogP contribution in [0, 0.1) is 0 Å². The maximum atomic E-state index is 12.9. The number of aromatic nitrogens is 2. The zero-order chi connectivity index (χ0) is 21.0. The molecule has 0 fully saturated rings.